The first-order valence-electron chi connectivity index (χ1n) is 11.8. The molecule has 0 radical (unpaired) electrons. The Morgan fingerprint density at radius 1 is 0.944 bits per heavy atom. The molecule has 0 saturated heterocycles. The van der Waals surface area contributed by atoms with E-state index in [1.165, 1.54) is 14.2 Å². The Labute approximate surface area is 211 Å². The molecule has 0 aromatic heterocycles. The highest BCUT2D eigenvalue weighted by molar-refractivity contribution is 7.94. The van der Waals surface area contributed by atoms with Crippen molar-refractivity contribution in [3.63, 3.8) is 0 Å². The lowest BCUT2D eigenvalue weighted by Gasteiger charge is -2.45. The maximum atomic E-state index is 14.5. The van der Waals surface area contributed by atoms with Crippen molar-refractivity contribution in [2.24, 2.45) is 0 Å². The smallest absolute Gasteiger partial charge is 0.201 e. The maximum Gasteiger partial charge on any atom is 0.201 e. The van der Waals surface area contributed by atoms with Gasteiger partial charge in [0.05, 0.1) is 24.7 Å². The predicted molar refractivity (Wildman–Crippen MR) is 138 cm³/mol. The van der Waals surface area contributed by atoms with Crippen molar-refractivity contribution < 1.29 is 27.4 Å². The van der Waals surface area contributed by atoms with Gasteiger partial charge in [-0.1, -0.05) is 44.2 Å². The van der Waals surface area contributed by atoms with Crippen LogP contribution in [0.2, 0.25) is 0 Å². The van der Waals surface area contributed by atoms with Crippen LogP contribution in [-0.2, 0) is 9.84 Å². The summed E-state index contributed by atoms with van der Waals surface area (Å²) in [6.45, 7) is 5.75. The minimum absolute atomic E-state index is 0.0740. The normalized spacial score (nSPS) is 20.6. The molecule has 6 nitrogen and oxygen atoms in total. The molecular formula is C29H28O6S. The van der Waals surface area contributed by atoms with Crippen molar-refractivity contribution in [1.82, 2.24) is 0 Å². The summed E-state index contributed by atoms with van der Waals surface area (Å²) in [6.07, 6.45) is 0.595. The number of ether oxygens (including phenoxy) is 3. The van der Waals surface area contributed by atoms with E-state index in [9.17, 15) is 13.2 Å². The zero-order valence-electron chi connectivity index (χ0n) is 20.9. The van der Waals surface area contributed by atoms with Crippen LogP contribution in [0.3, 0.4) is 0 Å². The lowest BCUT2D eigenvalue weighted by atomic mass is 9.74. The number of para-hydroxylation sites is 1. The van der Waals surface area contributed by atoms with Gasteiger partial charge in [0.25, 0.3) is 0 Å². The molecule has 3 aromatic carbocycles. The van der Waals surface area contributed by atoms with Crippen molar-refractivity contribution in [2.75, 3.05) is 14.2 Å². The second kappa shape index (κ2) is 8.52. The molecule has 0 N–H and O–H groups in total. The number of carbonyl (C=O) groups is 1. The molecule has 0 amide bonds. The van der Waals surface area contributed by atoms with E-state index < -0.39 is 26.5 Å². The molecule has 186 valence electrons. The van der Waals surface area contributed by atoms with Crippen molar-refractivity contribution in [3.8, 4) is 17.2 Å². The molecule has 2 aliphatic rings. The van der Waals surface area contributed by atoms with Crippen LogP contribution >= 0.6 is 0 Å². The highest BCUT2D eigenvalue weighted by Gasteiger charge is 2.64. The fourth-order valence-electron chi connectivity index (χ4n) is 5.31. The van der Waals surface area contributed by atoms with Crippen LogP contribution in [0.5, 0.6) is 17.2 Å². The largest absolute Gasteiger partial charge is 0.493 e. The van der Waals surface area contributed by atoms with E-state index in [1.54, 1.807) is 73.7 Å². The third kappa shape index (κ3) is 3.15. The van der Waals surface area contributed by atoms with Gasteiger partial charge in [0.1, 0.15) is 5.75 Å². The topological polar surface area (TPSA) is 78.9 Å². The van der Waals surface area contributed by atoms with Crippen molar-refractivity contribution in [2.45, 2.75) is 42.4 Å². The first kappa shape index (κ1) is 24.1. The lowest BCUT2D eigenvalue weighted by molar-refractivity contribution is 0.0761. The molecule has 0 unspecified atom stereocenters. The number of hydrogen-bond acceptors (Lipinski definition) is 6. The zero-order chi connectivity index (χ0) is 25.8. The number of fused-ring (bicyclic) bond motifs is 4. The number of methoxy groups -OCH3 is 2. The van der Waals surface area contributed by atoms with Crippen LogP contribution in [0.1, 0.15) is 59.8 Å². The summed E-state index contributed by atoms with van der Waals surface area (Å²) in [6, 6.07) is 17.0. The fraction of sp³-hybridized carbons (Fsp3) is 0.276. The van der Waals surface area contributed by atoms with Crippen molar-refractivity contribution in [3.05, 3.63) is 88.5 Å². The van der Waals surface area contributed by atoms with E-state index in [-0.39, 0.29) is 16.4 Å². The minimum Gasteiger partial charge on any atom is -0.493 e. The average Bonchev–Trinajstić information content (AvgIpc) is 2.88. The lowest BCUT2D eigenvalue weighted by Crippen LogP contribution is -2.57. The molecule has 2 atom stereocenters. The second-order valence-electron chi connectivity index (χ2n) is 9.42. The van der Waals surface area contributed by atoms with Gasteiger partial charge in [0.2, 0.25) is 4.75 Å². The fourth-order valence-corrected chi connectivity index (χ4v) is 7.47. The second-order valence-corrected chi connectivity index (χ2v) is 11.5. The van der Waals surface area contributed by atoms with Crippen molar-refractivity contribution in [1.29, 1.82) is 0 Å². The molecule has 0 spiro atoms. The predicted octanol–water partition coefficient (Wildman–Crippen LogP) is 5.77. The van der Waals surface area contributed by atoms with E-state index in [1.807, 2.05) is 13.8 Å². The summed E-state index contributed by atoms with van der Waals surface area (Å²) < 4.78 is 44.6. The average molecular weight is 505 g/mol. The van der Waals surface area contributed by atoms with Gasteiger partial charge < -0.3 is 14.2 Å². The third-order valence-electron chi connectivity index (χ3n) is 7.21. The molecule has 1 aliphatic heterocycles. The van der Waals surface area contributed by atoms with Gasteiger partial charge in [-0.3, -0.25) is 4.79 Å². The van der Waals surface area contributed by atoms with E-state index in [4.69, 9.17) is 14.2 Å². The molecule has 0 fully saturated rings. The molecule has 1 aliphatic carbocycles. The van der Waals surface area contributed by atoms with Gasteiger partial charge in [-0.2, -0.15) is 0 Å². The van der Waals surface area contributed by atoms with Crippen LogP contribution in [0, 0.1) is 0 Å². The minimum atomic E-state index is -4.26. The SMILES string of the molecule is COc1ccc2c(c1OC)C=C(C)[C@@]1(S(=O)(=O)c3ccc(C(C)C)cc3)C(=O)c3ccccc3O[C@@H]21. The van der Waals surface area contributed by atoms with Gasteiger partial charge in [0, 0.05) is 11.1 Å². The molecule has 36 heavy (non-hydrogen) atoms. The monoisotopic (exact) mass is 504 g/mol. The van der Waals surface area contributed by atoms with Gasteiger partial charge in [-0.15, -0.1) is 0 Å². The van der Waals surface area contributed by atoms with Gasteiger partial charge in [-0.05, 0) is 60.4 Å². The number of Topliss-reactive ketones (excluding diaryl/α,β-unsaturated/α-hetero) is 1. The Kier molecular flexibility index (Phi) is 5.71. The number of ketones is 1. The van der Waals surface area contributed by atoms with Crippen LogP contribution < -0.4 is 14.2 Å². The summed E-state index contributed by atoms with van der Waals surface area (Å²) in [5.41, 5.74) is 2.79. The third-order valence-corrected chi connectivity index (χ3v) is 9.67. The van der Waals surface area contributed by atoms with E-state index in [0.717, 1.165) is 5.56 Å². The molecule has 3 aromatic rings. The van der Waals surface area contributed by atoms with E-state index in [0.29, 0.717) is 33.9 Å². The van der Waals surface area contributed by atoms with Crippen LogP contribution in [0.25, 0.3) is 6.08 Å². The van der Waals surface area contributed by atoms with Crippen LogP contribution in [0.15, 0.2) is 71.1 Å². The Balaban J connectivity index is 1.83. The van der Waals surface area contributed by atoms with Crippen LogP contribution in [-0.4, -0.2) is 33.2 Å². The number of benzene rings is 3. The Hall–Kier alpha value is -3.58. The van der Waals surface area contributed by atoms with E-state index >= 15 is 0 Å². The molecule has 5 rings (SSSR count). The summed E-state index contributed by atoms with van der Waals surface area (Å²) in [7, 11) is -1.20. The number of sulfone groups is 1. The summed E-state index contributed by atoms with van der Waals surface area (Å²) in [4.78, 5) is 14.4. The highest BCUT2D eigenvalue weighted by atomic mass is 32.2. The molecule has 0 bridgehead atoms. The van der Waals surface area contributed by atoms with Crippen molar-refractivity contribution >= 4 is 21.7 Å². The number of hydrogen-bond donors (Lipinski definition) is 0. The summed E-state index contributed by atoms with van der Waals surface area (Å²) in [5, 5.41) is 0. The maximum absolute atomic E-state index is 14.5. The molecule has 7 heteroatoms. The highest BCUT2D eigenvalue weighted by Crippen LogP contribution is 2.56. The Morgan fingerprint density at radius 2 is 1.64 bits per heavy atom. The first-order chi connectivity index (χ1) is 17.2. The Bertz CT molecular complexity index is 1500. The summed E-state index contributed by atoms with van der Waals surface area (Å²) >= 11 is 0. The van der Waals surface area contributed by atoms with Gasteiger partial charge in [-0.25, -0.2) is 8.42 Å². The first-order valence-corrected chi connectivity index (χ1v) is 13.3. The molecule has 1 heterocycles. The Morgan fingerprint density at radius 3 is 2.28 bits per heavy atom. The summed E-state index contributed by atoms with van der Waals surface area (Å²) in [5.74, 6) is 1.05. The standard InChI is InChI=1S/C29H28O6S/c1-17(2)19-10-12-20(13-11-19)36(31,32)29-18(3)16-23-21(14-15-25(33-4)26(23)34-5)28(29)35-24-9-7-6-8-22(24)27(29)30/h6-17,28H,1-5H3/t28-,29+/m0/s1. The molecular weight excluding hydrogens is 476 g/mol. The quantitative estimate of drug-likeness (QED) is 0.439. The van der Waals surface area contributed by atoms with Gasteiger partial charge >= 0.3 is 0 Å². The number of carbonyl (C=O) groups excluding carboxylic acids is 1. The molecule has 0 saturated carbocycles. The van der Waals surface area contributed by atoms with E-state index in [2.05, 4.69) is 0 Å². The zero-order valence-corrected chi connectivity index (χ0v) is 21.7. The number of rotatable bonds is 5. The van der Waals surface area contributed by atoms with Gasteiger partial charge in [0.15, 0.2) is 33.2 Å². The van der Waals surface area contributed by atoms with Crippen LogP contribution in [0.4, 0.5) is 0 Å².